The van der Waals surface area contributed by atoms with Crippen LogP contribution in [-0.4, -0.2) is 28.9 Å². The number of nitrogens with two attached hydrogens (primary N) is 1. The fourth-order valence-corrected chi connectivity index (χ4v) is 3.56. The monoisotopic (exact) mass is 259 g/mol. The molecule has 2 N–H and O–H groups in total. The number of anilines is 1. The van der Waals surface area contributed by atoms with Crippen LogP contribution in [0.1, 0.15) is 49.0 Å². The van der Waals surface area contributed by atoms with E-state index >= 15 is 0 Å². The Kier molecular flexibility index (Phi) is 3.17. The van der Waals surface area contributed by atoms with Gasteiger partial charge in [0.25, 0.3) is 5.91 Å². The minimum absolute atomic E-state index is 0.00838. The first-order valence-electron chi connectivity index (χ1n) is 7.20. The van der Waals surface area contributed by atoms with E-state index in [1.54, 1.807) is 18.3 Å². The molecule has 1 amide bonds. The number of piperidine rings is 1. The zero-order chi connectivity index (χ0) is 13.3. The Morgan fingerprint density at radius 3 is 2.53 bits per heavy atom. The van der Waals surface area contributed by atoms with E-state index in [0.29, 0.717) is 16.8 Å². The Bertz CT molecular complexity index is 470. The molecular formula is C15H21N3O. The van der Waals surface area contributed by atoms with Crippen molar-refractivity contribution in [2.24, 2.45) is 5.41 Å². The summed E-state index contributed by atoms with van der Waals surface area (Å²) in [4.78, 5) is 18.5. The maximum Gasteiger partial charge on any atom is 0.274 e. The first-order chi connectivity index (χ1) is 9.20. The molecular weight excluding hydrogens is 238 g/mol. The van der Waals surface area contributed by atoms with E-state index in [0.717, 1.165) is 25.9 Å². The first-order valence-corrected chi connectivity index (χ1v) is 7.20. The molecule has 4 nitrogen and oxygen atoms in total. The number of amides is 1. The van der Waals surface area contributed by atoms with Crippen molar-refractivity contribution in [2.45, 2.75) is 38.5 Å². The van der Waals surface area contributed by atoms with Crippen molar-refractivity contribution in [3.63, 3.8) is 0 Å². The summed E-state index contributed by atoms with van der Waals surface area (Å²) in [6.07, 6.45) is 9.34. The Balaban J connectivity index is 1.68. The third-order valence-corrected chi connectivity index (χ3v) is 4.82. The second kappa shape index (κ2) is 4.83. The molecule has 1 aromatic rings. The number of hydrogen-bond acceptors (Lipinski definition) is 3. The van der Waals surface area contributed by atoms with Gasteiger partial charge < -0.3 is 10.6 Å². The predicted molar refractivity (Wildman–Crippen MR) is 74.7 cm³/mol. The van der Waals surface area contributed by atoms with Gasteiger partial charge in [-0.05, 0) is 43.2 Å². The van der Waals surface area contributed by atoms with E-state index in [4.69, 9.17) is 5.73 Å². The van der Waals surface area contributed by atoms with Gasteiger partial charge in [0.05, 0.1) is 5.69 Å². The first kappa shape index (κ1) is 12.5. The van der Waals surface area contributed by atoms with E-state index in [9.17, 15) is 4.79 Å². The van der Waals surface area contributed by atoms with Gasteiger partial charge >= 0.3 is 0 Å². The molecule has 0 aromatic carbocycles. The van der Waals surface area contributed by atoms with Crippen LogP contribution in [0.2, 0.25) is 0 Å². The van der Waals surface area contributed by atoms with Crippen LogP contribution in [0.25, 0.3) is 0 Å². The molecule has 2 heterocycles. The molecule has 1 saturated heterocycles. The lowest BCUT2D eigenvalue weighted by Crippen LogP contribution is -2.42. The van der Waals surface area contributed by atoms with Crippen LogP contribution in [-0.2, 0) is 0 Å². The van der Waals surface area contributed by atoms with Gasteiger partial charge in [-0.25, -0.2) is 4.98 Å². The molecule has 19 heavy (non-hydrogen) atoms. The lowest BCUT2D eigenvalue weighted by molar-refractivity contribution is 0.0583. The van der Waals surface area contributed by atoms with Crippen molar-refractivity contribution >= 4 is 11.6 Å². The molecule has 0 bridgehead atoms. The number of aromatic nitrogens is 1. The van der Waals surface area contributed by atoms with Gasteiger partial charge in [-0.3, -0.25) is 4.79 Å². The molecule has 3 rings (SSSR count). The quantitative estimate of drug-likeness (QED) is 0.842. The molecule has 102 valence electrons. The number of pyridine rings is 1. The lowest BCUT2D eigenvalue weighted by atomic mass is 9.77. The molecule has 4 heteroatoms. The number of nitrogen functional groups attached to an aromatic ring is 1. The number of nitrogens with zero attached hydrogens (tertiary/aromatic N) is 2. The zero-order valence-electron chi connectivity index (χ0n) is 11.3. The van der Waals surface area contributed by atoms with Gasteiger partial charge in [0.15, 0.2) is 5.69 Å². The SMILES string of the molecule is Nc1cccnc1C(=O)N1CCC2(CCCC2)CC1. The molecule has 1 spiro atoms. The number of hydrogen-bond donors (Lipinski definition) is 1. The summed E-state index contributed by atoms with van der Waals surface area (Å²) < 4.78 is 0. The highest BCUT2D eigenvalue weighted by molar-refractivity contribution is 5.97. The molecule has 0 atom stereocenters. The highest BCUT2D eigenvalue weighted by atomic mass is 16.2. The van der Waals surface area contributed by atoms with Crippen molar-refractivity contribution in [1.82, 2.24) is 9.88 Å². The van der Waals surface area contributed by atoms with E-state index in [-0.39, 0.29) is 5.91 Å². The van der Waals surface area contributed by atoms with Crippen molar-refractivity contribution < 1.29 is 4.79 Å². The van der Waals surface area contributed by atoms with Crippen LogP contribution in [0, 0.1) is 5.41 Å². The average molecular weight is 259 g/mol. The largest absolute Gasteiger partial charge is 0.397 e. The Hall–Kier alpha value is -1.58. The van der Waals surface area contributed by atoms with Gasteiger partial charge in [-0.2, -0.15) is 0 Å². The van der Waals surface area contributed by atoms with E-state index in [1.165, 1.54) is 25.7 Å². The maximum absolute atomic E-state index is 12.4. The van der Waals surface area contributed by atoms with Crippen molar-refractivity contribution in [3.8, 4) is 0 Å². The number of carbonyl (C=O) groups is 1. The summed E-state index contributed by atoms with van der Waals surface area (Å²) in [6.45, 7) is 1.71. The summed E-state index contributed by atoms with van der Waals surface area (Å²) in [6, 6.07) is 3.50. The molecule has 1 aliphatic carbocycles. The molecule has 2 fully saturated rings. The van der Waals surface area contributed by atoms with Gasteiger partial charge in [0.1, 0.15) is 0 Å². The van der Waals surface area contributed by atoms with Crippen LogP contribution >= 0.6 is 0 Å². The lowest BCUT2D eigenvalue weighted by Gasteiger charge is -2.39. The molecule has 1 aliphatic heterocycles. The molecule has 0 unspecified atom stereocenters. The summed E-state index contributed by atoms with van der Waals surface area (Å²) in [5, 5.41) is 0. The minimum Gasteiger partial charge on any atom is -0.397 e. The molecule has 1 aromatic heterocycles. The second-order valence-electron chi connectivity index (χ2n) is 5.94. The standard InChI is InChI=1S/C15H21N3O/c16-12-4-3-9-17-13(12)14(19)18-10-7-15(8-11-18)5-1-2-6-15/h3-4,9H,1-2,5-8,10-11,16H2. The van der Waals surface area contributed by atoms with Crippen molar-refractivity contribution in [3.05, 3.63) is 24.0 Å². The summed E-state index contributed by atoms with van der Waals surface area (Å²) in [5.74, 6) is -0.00838. The fourth-order valence-electron chi connectivity index (χ4n) is 3.56. The van der Waals surface area contributed by atoms with Crippen molar-refractivity contribution in [2.75, 3.05) is 18.8 Å². The smallest absolute Gasteiger partial charge is 0.274 e. The maximum atomic E-state index is 12.4. The molecule has 1 saturated carbocycles. The number of carbonyl (C=O) groups excluding carboxylic acids is 1. The zero-order valence-corrected chi connectivity index (χ0v) is 11.3. The van der Waals surface area contributed by atoms with Crippen LogP contribution < -0.4 is 5.73 Å². The highest BCUT2D eigenvalue weighted by Gasteiger charge is 2.38. The van der Waals surface area contributed by atoms with Crippen LogP contribution in [0.3, 0.4) is 0 Å². The third kappa shape index (κ3) is 2.31. The van der Waals surface area contributed by atoms with E-state index in [1.807, 2.05) is 4.90 Å². The molecule has 2 aliphatic rings. The topological polar surface area (TPSA) is 59.2 Å². The second-order valence-corrected chi connectivity index (χ2v) is 5.94. The third-order valence-electron chi connectivity index (χ3n) is 4.82. The van der Waals surface area contributed by atoms with Gasteiger partial charge in [0, 0.05) is 19.3 Å². The number of rotatable bonds is 1. The predicted octanol–water partition coefficient (Wildman–Crippen LogP) is 2.46. The fraction of sp³-hybridized carbons (Fsp3) is 0.600. The van der Waals surface area contributed by atoms with Gasteiger partial charge in [0.2, 0.25) is 0 Å². The Morgan fingerprint density at radius 2 is 1.89 bits per heavy atom. The number of likely N-dealkylation sites (tertiary alicyclic amines) is 1. The van der Waals surface area contributed by atoms with Crippen LogP contribution in [0.4, 0.5) is 5.69 Å². The van der Waals surface area contributed by atoms with E-state index in [2.05, 4.69) is 4.98 Å². The van der Waals surface area contributed by atoms with E-state index < -0.39 is 0 Å². The summed E-state index contributed by atoms with van der Waals surface area (Å²) in [5.41, 5.74) is 7.26. The summed E-state index contributed by atoms with van der Waals surface area (Å²) in [7, 11) is 0. The highest BCUT2D eigenvalue weighted by Crippen LogP contribution is 2.46. The molecule has 0 radical (unpaired) electrons. The Morgan fingerprint density at radius 1 is 1.21 bits per heavy atom. The minimum atomic E-state index is -0.00838. The van der Waals surface area contributed by atoms with Crippen molar-refractivity contribution in [1.29, 1.82) is 0 Å². The summed E-state index contributed by atoms with van der Waals surface area (Å²) >= 11 is 0. The van der Waals surface area contributed by atoms with Crippen LogP contribution in [0.5, 0.6) is 0 Å². The van der Waals surface area contributed by atoms with Crippen LogP contribution in [0.15, 0.2) is 18.3 Å². The Labute approximate surface area is 114 Å². The van der Waals surface area contributed by atoms with Gasteiger partial charge in [-0.15, -0.1) is 0 Å². The average Bonchev–Trinajstić information content (AvgIpc) is 2.88. The normalized spacial score (nSPS) is 21.8. The van der Waals surface area contributed by atoms with Gasteiger partial charge in [-0.1, -0.05) is 12.8 Å².